The van der Waals surface area contributed by atoms with Crippen LogP contribution in [-0.4, -0.2) is 46.4 Å². The van der Waals surface area contributed by atoms with E-state index < -0.39 is 5.60 Å². The second kappa shape index (κ2) is 11.5. The van der Waals surface area contributed by atoms with E-state index in [9.17, 15) is 4.79 Å². The van der Waals surface area contributed by atoms with E-state index in [0.29, 0.717) is 36.9 Å². The molecule has 1 aliphatic heterocycles. The summed E-state index contributed by atoms with van der Waals surface area (Å²) in [5.74, 6) is 7.65. The van der Waals surface area contributed by atoms with E-state index >= 15 is 0 Å². The highest BCUT2D eigenvalue weighted by atomic mass is 127. The van der Waals surface area contributed by atoms with Crippen LogP contribution in [0.25, 0.3) is 10.4 Å². The lowest BCUT2D eigenvalue weighted by Gasteiger charge is -2.27. The van der Waals surface area contributed by atoms with Crippen molar-refractivity contribution in [3.05, 3.63) is 58.9 Å². The van der Waals surface area contributed by atoms with Gasteiger partial charge in [-0.25, -0.2) is 9.97 Å². The number of rotatable bonds is 6. The third-order valence-corrected chi connectivity index (χ3v) is 8.96. The van der Waals surface area contributed by atoms with Gasteiger partial charge in [0.2, 0.25) is 0 Å². The minimum absolute atomic E-state index is 0.0520. The number of nitrogen functional groups attached to an aromatic ring is 1. The maximum absolute atomic E-state index is 12.3. The van der Waals surface area contributed by atoms with E-state index in [0.717, 1.165) is 53.9 Å². The summed E-state index contributed by atoms with van der Waals surface area (Å²) < 4.78 is 11.5. The van der Waals surface area contributed by atoms with Crippen LogP contribution >= 0.6 is 34.3 Å². The molecule has 2 aromatic heterocycles. The molecule has 2 fully saturated rings. The number of nitrogens with two attached hydrogens (primary N) is 1. The third-order valence-electron chi connectivity index (χ3n) is 7.00. The molecule has 0 amide bonds. The fourth-order valence-corrected chi connectivity index (χ4v) is 6.36. The van der Waals surface area contributed by atoms with Gasteiger partial charge in [0.15, 0.2) is 23.0 Å². The first kappa shape index (κ1) is 26.1. The van der Waals surface area contributed by atoms with E-state index in [1.807, 2.05) is 36.5 Å². The molecule has 3 heterocycles. The Morgan fingerprint density at radius 1 is 1.24 bits per heavy atom. The van der Waals surface area contributed by atoms with Gasteiger partial charge < -0.3 is 15.4 Å². The monoisotopic (exact) mass is 628 g/mol. The number of ketones is 1. The molecule has 2 N–H and O–H groups in total. The number of benzene rings is 1. The van der Waals surface area contributed by atoms with Gasteiger partial charge in [0.05, 0.1) is 9.88 Å². The largest absolute Gasteiger partial charge is 0.485 e. The highest BCUT2D eigenvalue weighted by molar-refractivity contribution is 14.1. The zero-order chi connectivity index (χ0) is 25.8. The number of carbonyl (C=O) groups excluding carboxylic acids is 1. The fraction of sp³-hybridized carbons (Fsp3) is 0.393. The molecule has 1 saturated heterocycles. The number of thiazole rings is 1. The number of likely N-dealkylation sites (tertiary alicyclic amines) is 1. The Morgan fingerprint density at radius 2 is 2.08 bits per heavy atom. The molecule has 1 aromatic carbocycles. The van der Waals surface area contributed by atoms with Crippen LogP contribution in [-0.2, 0) is 14.5 Å². The summed E-state index contributed by atoms with van der Waals surface area (Å²) in [5.41, 5.74) is 7.85. The highest BCUT2D eigenvalue weighted by Crippen LogP contribution is 2.36. The van der Waals surface area contributed by atoms with Gasteiger partial charge in [-0.1, -0.05) is 24.0 Å². The van der Waals surface area contributed by atoms with Crippen LogP contribution in [0.1, 0.15) is 54.2 Å². The molecule has 1 atom stereocenters. The Morgan fingerprint density at radius 3 is 2.84 bits per heavy atom. The van der Waals surface area contributed by atoms with E-state index in [-0.39, 0.29) is 5.78 Å². The van der Waals surface area contributed by atoms with Crippen molar-refractivity contribution in [1.29, 1.82) is 0 Å². The molecule has 7 nitrogen and oxygen atoms in total. The lowest BCUT2D eigenvalue weighted by atomic mass is 9.98. The van der Waals surface area contributed by atoms with Gasteiger partial charge in [0.25, 0.3) is 0 Å². The first-order chi connectivity index (χ1) is 18.0. The summed E-state index contributed by atoms with van der Waals surface area (Å²) in [6.07, 6.45) is 7.94. The van der Waals surface area contributed by atoms with E-state index in [2.05, 4.69) is 28.8 Å². The summed E-state index contributed by atoms with van der Waals surface area (Å²) in [5, 5.41) is 1.19. The number of ether oxygens (including phenoxy) is 1. The summed E-state index contributed by atoms with van der Waals surface area (Å²) in [4.78, 5) is 24.8. The van der Waals surface area contributed by atoms with Crippen molar-refractivity contribution in [2.24, 2.45) is 0 Å². The van der Waals surface area contributed by atoms with Gasteiger partial charge in [0, 0.05) is 35.9 Å². The van der Waals surface area contributed by atoms with Crippen LogP contribution in [0.15, 0.2) is 42.7 Å². The van der Waals surface area contributed by atoms with Gasteiger partial charge in [-0.15, -0.1) is 11.3 Å². The van der Waals surface area contributed by atoms with Crippen molar-refractivity contribution in [2.75, 3.05) is 25.9 Å². The van der Waals surface area contributed by atoms with E-state index in [1.165, 1.54) is 5.01 Å². The predicted molar refractivity (Wildman–Crippen MR) is 154 cm³/mol. The van der Waals surface area contributed by atoms with Crippen LogP contribution in [0, 0.1) is 11.8 Å². The molecule has 37 heavy (non-hydrogen) atoms. The zero-order valence-corrected chi connectivity index (χ0v) is 23.7. The summed E-state index contributed by atoms with van der Waals surface area (Å²) >= 11 is 3.51. The second-order valence-electron chi connectivity index (χ2n) is 9.67. The molecule has 2 aliphatic rings. The topological polar surface area (TPSA) is 90.6 Å². The molecule has 9 heteroatoms. The van der Waals surface area contributed by atoms with Crippen molar-refractivity contribution < 1.29 is 12.6 Å². The quantitative estimate of drug-likeness (QED) is 0.290. The molecule has 0 spiro atoms. The minimum atomic E-state index is -0.989. The number of pyridine rings is 1. The van der Waals surface area contributed by atoms with Gasteiger partial charge in [-0.2, -0.15) is 0 Å². The average Bonchev–Trinajstić information content (AvgIpc) is 3.55. The van der Waals surface area contributed by atoms with Crippen molar-refractivity contribution in [2.45, 2.75) is 50.2 Å². The van der Waals surface area contributed by atoms with Crippen LogP contribution in [0.2, 0.25) is 0 Å². The van der Waals surface area contributed by atoms with Gasteiger partial charge in [-0.05, 0) is 69.6 Å². The molecular formula is C28H29IN4O3S. The van der Waals surface area contributed by atoms with Crippen molar-refractivity contribution >= 4 is 45.9 Å². The Kier molecular flexibility index (Phi) is 8.09. The first-order valence-corrected chi connectivity index (χ1v) is 14.1. The number of hydrogen-bond acceptors (Lipinski definition) is 8. The van der Waals surface area contributed by atoms with E-state index in [4.69, 9.17) is 18.5 Å². The Labute approximate surface area is 235 Å². The van der Waals surface area contributed by atoms with Crippen molar-refractivity contribution in [3.8, 4) is 28.0 Å². The van der Waals surface area contributed by atoms with Crippen LogP contribution in [0.5, 0.6) is 5.75 Å². The number of piperidine rings is 1. The number of carbonyl (C=O) groups is 1. The van der Waals surface area contributed by atoms with Gasteiger partial charge in [-0.3, -0.25) is 7.86 Å². The highest BCUT2D eigenvalue weighted by Gasteiger charge is 2.41. The third kappa shape index (κ3) is 5.98. The van der Waals surface area contributed by atoms with Crippen molar-refractivity contribution in [1.82, 2.24) is 14.9 Å². The molecular weight excluding hydrogens is 599 g/mol. The average molecular weight is 629 g/mol. The number of halogens is 1. The molecule has 1 saturated carbocycles. The second-order valence-corrected chi connectivity index (χ2v) is 11.2. The fourth-order valence-electron chi connectivity index (χ4n) is 4.72. The number of hydrogen-bond donors (Lipinski definition) is 1. The Bertz CT molecular complexity index is 1340. The number of nitrogens with zero attached hydrogens (tertiary/aromatic N) is 3. The number of anilines is 1. The Balaban J connectivity index is 1.27. The summed E-state index contributed by atoms with van der Waals surface area (Å²) in [7, 11) is 2.17. The minimum Gasteiger partial charge on any atom is -0.485 e. The standard InChI is InChI=1S/C28H29IN4O3S/c1-33-12-8-21(9-13-33)27-32-17-24(37-27)22-15-23(26(30)31-16-22)35-18-20-5-2-4-19(14-20)7-11-28(36-29)10-3-6-25(28)34/h2,4-5,14-17,21H,3,6,8-10,12-13,18H2,1H3,(H2,30,31). The molecule has 1 unspecified atom stereocenters. The zero-order valence-electron chi connectivity index (χ0n) is 20.7. The smallest absolute Gasteiger partial charge is 0.198 e. The number of aromatic nitrogens is 2. The molecule has 192 valence electrons. The molecule has 1 aliphatic carbocycles. The SMILES string of the molecule is CN1CCC(c2ncc(-c3cnc(N)c(OCc4cccc(C#CC5(OI)CCCC5=O)c4)c3)s2)CC1. The number of Topliss-reactive ketones (excluding diaryl/α,β-unsaturated/α-hetero) is 1. The normalized spacial score (nSPS) is 20.5. The molecule has 0 bridgehead atoms. The first-order valence-electron chi connectivity index (χ1n) is 12.4. The Hall–Kier alpha value is -2.52. The van der Waals surface area contributed by atoms with Gasteiger partial charge >= 0.3 is 0 Å². The van der Waals surface area contributed by atoms with Gasteiger partial charge in [0.1, 0.15) is 29.6 Å². The van der Waals surface area contributed by atoms with E-state index in [1.54, 1.807) is 40.5 Å². The lowest BCUT2D eigenvalue weighted by molar-refractivity contribution is -0.125. The van der Waals surface area contributed by atoms with Crippen LogP contribution in [0.4, 0.5) is 5.82 Å². The maximum Gasteiger partial charge on any atom is 0.198 e. The molecule has 0 radical (unpaired) electrons. The summed E-state index contributed by atoms with van der Waals surface area (Å²) in [6.45, 7) is 2.54. The van der Waals surface area contributed by atoms with Crippen LogP contribution < -0.4 is 10.5 Å². The summed E-state index contributed by atoms with van der Waals surface area (Å²) in [6, 6.07) is 9.71. The van der Waals surface area contributed by atoms with Crippen LogP contribution in [0.3, 0.4) is 0 Å². The van der Waals surface area contributed by atoms with Crippen molar-refractivity contribution in [3.63, 3.8) is 0 Å². The maximum atomic E-state index is 12.3. The molecule has 3 aromatic rings. The molecule has 5 rings (SSSR count). The predicted octanol–water partition coefficient (Wildman–Crippen LogP) is 5.39. The lowest BCUT2D eigenvalue weighted by Crippen LogP contribution is -2.32.